The number of hydrogen-bond acceptors (Lipinski definition) is 9. The number of aliphatic carboxylic acids is 3. The van der Waals surface area contributed by atoms with Crippen molar-refractivity contribution in [3.05, 3.63) is 0 Å². The van der Waals surface area contributed by atoms with Crippen LogP contribution < -0.4 is 22.5 Å². The predicted molar refractivity (Wildman–Crippen MR) is 95.1 cm³/mol. The number of thioether (sulfide) groups is 1. The van der Waals surface area contributed by atoms with E-state index in [4.69, 9.17) is 32.5 Å². The Hall–Kier alpha value is -2.71. The van der Waals surface area contributed by atoms with Crippen LogP contribution in [0.5, 0.6) is 0 Å². The third kappa shape index (κ3) is 9.29. The number of rotatable bonds is 14. The SMILES string of the molecule is NC(=O)C[C@H](N)C(=O)C(SC(CC(=O)O)C(=O)O)[C@H](N)C(=O)NCCC(=O)O. The lowest BCUT2D eigenvalue weighted by Gasteiger charge is -2.26. The number of nitrogens with two attached hydrogens (primary N) is 3. The lowest BCUT2D eigenvalue weighted by Crippen LogP contribution is -2.55. The van der Waals surface area contributed by atoms with Gasteiger partial charge in [0.05, 0.1) is 24.1 Å². The largest absolute Gasteiger partial charge is 0.481 e. The molecule has 4 atom stereocenters. The van der Waals surface area contributed by atoms with Gasteiger partial charge in [-0.2, -0.15) is 0 Å². The molecule has 0 aliphatic carbocycles. The maximum absolute atomic E-state index is 12.5. The molecule has 0 aromatic heterocycles. The summed E-state index contributed by atoms with van der Waals surface area (Å²) >= 11 is 0.302. The van der Waals surface area contributed by atoms with Gasteiger partial charge < -0.3 is 37.8 Å². The van der Waals surface area contributed by atoms with E-state index in [1.54, 1.807) is 0 Å². The number of nitrogens with one attached hydrogen (secondary N) is 1. The second-order valence-corrected chi connectivity index (χ2v) is 6.97. The maximum atomic E-state index is 12.5. The Balaban J connectivity index is 5.50. The molecule has 0 aliphatic heterocycles. The Morgan fingerprint density at radius 2 is 1.50 bits per heavy atom. The van der Waals surface area contributed by atoms with Crippen LogP contribution in [0.25, 0.3) is 0 Å². The molecule has 0 aromatic rings. The normalized spacial score (nSPS) is 14.9. The van der Waals surface area contributed by atoms with E-state index in [2.05, 4.69) is 5.32 Å². The van der Waals surface area contributed by atoms with Crippen molar-refractivity contribution in [3.8, 4) is 0 Å². The standard InChI is InChI=1S/C14H22N4O9S/c15-5(3-7(16)19)11(24)12(28-6(14(26)27)4-9(22)23)10(17)13(25)18-2-1-8(20)21/h5-6,10,12H,1-4,15,17H2,(H2,16,19)(H,18,25)(H,20,21)(H,22,23)(H,26,27)/t5-,6?,10-,12?/m0/s1. The predicted octanol–water partition coefficient (Wildman–Crippen LogP) is -3.29. The highest BCUT2D eigenvalue weighted by Gasteiger charge is 2.38. The minimum absolute atomic E-state index is 0.302. The molecule has 0 spiro atoms. The minimum atomic E-state index is -1.68. The van der Waals surface area contributed by atoms with Gasteiger partial charge in [0.15, 0.2) is 5.78 Å². The number of ketones is 1. The van der Waals surface area contributed by atoms with Gasteiger partial charge in [-0.3, -0.25) is 28.8 Å². The van der Waals surface area contributed by atoms with Crippen LogP contribution in [-0.4, -0.2) is 80.0 Å². The summed E-state index contributed by atoms with van der Waals surface area (Å²) in [4.78, 5) is 68.2. The Bertz CT molecular complexity index is 642. The lowest BCUT2D eigenvalue weighted by atomic mass is 10.0. The van der Waals surface area contributed by atoms with Gasteiger partial charge in [-0.05, 0) is 0 Å². The molecule has 0 heterocycles. The number of amides is 2. The number of carboxylic acid groups (broad SMARTS) is 3. The highest BCUT2D eigenvalue weighted by Crippen LogP contribution is 2.25. The molecule has 0 radical (unpaired) electrons. The van der Waals surface area contributed by atoms with Crippen LogP contribution in [0.3, 0.4) is 0 Å². The molecule has 0 rings (SSSR count). The number of carboxylic acids is 3. The van der Waals surface area contributed by atoms with Crippen molar-refractivity contribution in [2.75, 3.05) is 6.54 Å². The zero-order chi connectivity index (χ0) is 22.0. The van der Waals surface area contributed by atoms with E-state index in [1.165, 1.54) is 0 Å². The molecule has 0 aliphatic rings. The molecule has 14 heteroatoms. The summed E-state index contributed by atoms with van der Waals surface area (Å²) in [5.74, 6) is -7.10. The van der Waals surface area contributed by atoms with Crippen molar-refractivity contribution in [1.82, 2.24) is 5.32 Å². The fourth-order valence-electron chi connectivity index (χ4n) is 1.93. The molecular formula is C14H22N4O9S. The average molecular weight is 422 g/mol. The first kappa shape index (κ1) is 25.3. The van der Waals surface area contributed by atoms with Crippen LogP contribution in [-0.2, 0) is 28.8 Å². The van der Waals surface area contributed by atoms with Crippen LogP contribution in [0.15, 0.2) is 0 Å². The topological polar surface area (TPSA) is 253 Å². The van der Waals surface area contributed by atoms with Crippen molar-refractivity contribution in [1.29, 1.82) is 0 Å². The number of carbonyl (C=O) groups excluding carboxylic acids is 3. The average Bonchev–Trinajstić information content (AvgIpc) is 2.55. The van der Waals surface area contributed by atoms with Gasteiger partial charge in [0.2, 0.25) is 11.8 Å². The summed E-state index contributed by atoms with van der Waals surface area (Å²) in [5.41, 5.74) is 16.2. The fraction of sp³-hybridized carbons (Fsp3) is 0.571. The zero-order valence-electron chi connectivity index (χ0n) is 14.6. The maximum Gasteiger partial charge on any atom is 0.317 e. The van der Waals surface area contributed by atoms with Crippen LogP contribution in [0.1, 0.15) is 19.3 Å². The van der Waals surface area contributed by atoms with E-state index in [-0.39, 0.29) is 6.54 Å². The highest BCUT2D eigenvalue weighted by molar-refractivity contribution is 8.02. The van der Waals surface area contributed by atoms with Crippen molar-refractivity contribution in [2.45, 2.75) is 41.8 Å². The molecule has 2 unspecified atom stereocenters. The van der Waals surface area contributed by atoms with Gasteiger partial charge in [0.25, 0.3) is 0 Å². The zero-order valence-corrected chi connectivity index (χ0v) is 15.4. The van der Waals surface area contributed by atoms with Gasteiger partial charge in [-0.15, -0.1) is 11.8 Å². The molecular weight excluding hydrogens is 400 g/mol. The first-order valence-corrected chi connectivity index (χ1v) is 8.73. The molecule has 10 N–H and O–H groups in total. The Morgan fingerprint density at radius 3 is 1.93 bits per heavy atom. The molecule has 158 valence electrons. The first-order chi connectivity index (χ1) is 12.9. The van der Waals surface area contributed by atoms with Crippen LogP contribution in [0.4, 0.5) is 0 Å². The van der Waals surface area contributed by atoms with Crippen molar-refractivity contribution in [2.24, 2.45) is 17.2 Å². The molecule has 0 bridgehead atoms. The molecule has 0 fully saturated rings. The van der Waals surface area contributed by atoms with Gasteiger partial charge >= 0.3 is 17.9 Å². The third-order valence-corrected chi connectivity index (χ3v) is 4.80. The van der Waals surface area contributed by atoms with E-state index >= 15 is 0 Å². The number of carbonyl (C=O) groups is 6. The molecule has 13 nitrogen and oxygen atoms in total. The van der Waals surface area contributed by atoms with Gasteiger partial charge in [0.1, 0.15) is 11.3 Å². The summed E-state index contributed by atoms with van der Waals surface area (Å²) in [5, 5.41) is 25.4. The molecule has 0 aromatic carbocycles. The van der Waals surface area contributed by atoms with Gasteiger partial charge in [-0.25, -0.2) is 0 Å². The van der Waals surface area contributed by atoms with Gasteiger partial charge in [0, 0.05) is 13.0 Å². The smallest absolute Gasteiger partial charge is 0.317 e. The van der Waals surface area contributed by atoms with Crippen LogP contribution in [0.2, 0.25) is 0 Å². The van der Waals surface area contributed by atoms with E-state index in [0.717, 1.165) is 0 Å². The number of hydrogen-bond donors (Lipinski definition) is 7. The summed E-state index contributed by atoms with van der Waals surface area (Å²) < 4.78 is 0. The Kier molecular flexibility index (Phi) is 10.7. The second-order valence-electron chi connectivity index (χ2n) is 5.62. The summed E-state index contributed by atoms with van der Waals surface area (Å²) in [6.07, 6.45) is -1.90. The molecule has 0 saturated carbocycles. The minimum Gasteiger partial charge on any atom is -0.481 e. The van der Waals surface area contributed by atoms with E-state index in [9.17, 15) is 28.8 Å². The third-order valence-electron chi connectivity index (χ3n) is 3.28. The summed E-state index contributed by atoms with van der Waals surface area (Å²) in [6, 6.07) is -3.17. The number of Topliss-reactive ketones (excluding diaryl/α,β-unsaturated/α-hetero) is 1. The van der Waals surface area contributed by atoms with Crippen molar-refractivity contribution in [3.63, 3.8) is 0 Å². The molecule has 0 saturated heterocycles. The second kappa shape index (κ2) is 11.9. The molecule has 28 heavy (non-hydrogen) atoms. The van der Waals surface area contributed by atoms with Crippen LogP contribution in [0, 0.1) is 0 Å². The monoisotopic (exact) mass is 422 g/mol. The highest BCUT2D eigenvalue weighted by atomic mass is 32.2. The van der Waals surface area contributed by atoms with E-state index in [1.807, 2.05) is 0 Å². The van der Waals surface area contributed by atoms with Crippen molar-refractivity contribution >= 4 is 47.3 Å². The lowest BCUT2D eigenvalue weighted by molar-refractivity contribution is -0.143. The van der Waals surface area contributed by atoms with E-state index in [0.29, 0.717) is 11.8 Å². The quantitative estimate of drug-likeness (QED) is 0.145. The van der Waals surface area contributed by atoms with Crippen molar-refractivity contribution < 1.29 is 44.1 Å². The van der Waals surface area contributed by atoms with E-state index < -0.39 is 77.4 Å². The number of primary amides is 1. The molecule has 2 amide bonds. The Morgan fingerprint density at radius 1 is 0.929 bits per heavy atom. The fourth-order valence-corrected chi connectivity index (χ4v) is 3.25. The van der Waals surface area contributed by atoms with Crippen LogP contribution >= 0.6 is 11.8 Å². The summed E-state index contributed by atoms with van der Waals surface area (Å²) in [6.45, 7) is -0.307. The Labute approximate surface area is 163 Å². The first-order valence-electron chi connectivity index (χ1n) is 7.79. The van der Waals surface area contributed by atoms with Gasteiger partial charge in [-0.1, -0.05) is 0 Å². The summed E-state index contributed by atoms with van der Waals surface area (Å²) in [7, 11) is 0.